The normalized spacial score (nSPS) is 13.4. The van der Waals surface area contributed by atoms with Gasteiger partial charge in [-0.15, -0.1) is 0 Å². The average molecular weight is 412 g/mol. The molecule has 1 heterocycles. The van der Waals surface area contributed by atoms with Gasteiger partial charge in [0.25, 0.3) is 0 Å². The Bertz CT molecular complexity index is 1140. The molecule has 5 nitrogen and oxygen atoms in total. The average Bonchev–Trinajstić information content (AvgIpc) is 2.81. The maximum atomic E-state index is 12.1. The fourth-order valence-electron chi connectivity index (χ4n) is 3.76. The first-order valence-corrected chi connectivity index (χ1v) is 10.6. The van der Waals surface area contributed by atoms with Gasteiger partial charge in [0.1, 0.15) is 0 Å². The molecule has 3 aromatic rings. The topological polar surface area (TPSA) is 61.4 Å². The highest BCUT2D eigenvalue weighted by Gasteiger charge is 2.19. The number of carbonyl (C=O) groups excluding carboxylic acids is 2. The Hall–Kier alpha value is -3.78. The third-order valence-electron chi connectivity index (χ3n) is 5.39. The molecule has 3 aromatic carbocycles. The minimum absolute atomic E-state index is 0.184. The smallest absolute Gasteiger partial charge is 0.315 e. The zero-order valence-corrected chi connectivity index (χ0v) is 17.4. The molecule has 0 aliphatic carbocycles. The third kappa shape index (κ3) is 5.23. The molecular weight excluding hydrogens is 386 g/mol. The predicted octanol–water partition coefficient (Wildman–Crippen LogP) is 4.21. The van der Waals surface area contributed by atoms with Crippen molar-refractivity contribution in [1.82, 2.24) is 10.6 Å². The second-order valence-electron chi connectivity index (χ2n) is 7.53. The van der Waals surface area contributed by atoms with Gasteiger partial charge in [-0.2, -0.15) is 0 Å². The van der Waals surface area contributed by atoms with Crippen LogP contribution in [-0.4, -0.2) is 25.0 Å². The molecule has 3 amide bonds. The van der Waals surface area contributed by atoms with Gasteiger partial charge in [-0.1, -0.05) is 54.3 Å². The highest BCUT2D eigenvalue weighted by molar-refractivity contribution is 5.94. The number of carbonyl (C=O) groups is 2. The van der Waals surface area contributed by atoms with Gasteiger partial charge >= 0.3 is 6.03 Å². The number of piperidine rings is 1. The van der Waals surface area contributed by atoms with E-state index in [4.69, 9.17) is 0 Å². The van der Waals surface area contributed by atoms with Crippen LogP contribution in [-0.2, 0) is 11.3 Å². The number of nitrogens with zero attached hydrogens (tertiary/aromatic N) is 1. The summed E-state index contributed by atoms with van der Waals surface area (Å²) in [7, 11) is 0. The van der Waals surface area contributed by atoms with Gasteiger partial charge in [0.05, 0.1) is 6.54 Å². The molecule has 1 saturated heterocycles. The second kappa shape index (κ2) is 9.82. The molecular formula is C26H25N3O2. The van der Waals surface area contributed by atoms with E-state index in [2.05, 4.69) is 40.7 Å². The van der Waals surface area contributed by atoms with Gasteiger partial charge in [-0.05, 0) is 53.4 Å². The Kier molecular flexibility index (Phi) is 6.49. The molecule has 2 N–H and O–H groups in total. The van der Waals surface area contributed by atoms with Crippen LogP contribution in [0.25, 0.3) is 10.8 Å². The van der Waals surface area contributed by atoms with E-state index in [-0.39, 0.29) is 18.5 Å². The Morgan fingerprint density at radius 1 is 0.935 bits per heavy atom. The van der Waals surface area contributed by atoms with E-state index >= 15 is 0 Å². The fourth-order valence-corrected chi connectivity index (χ4v) is 3.76. The molecule has 0 atom stereocenters. The summed E-state index contributed by atoms with van der Waals surface area (Å²) in [6.07, 6.45) is 2.64. The van der Waals surface area contributed by atoms with Crippen molar-refractivity contribution in [2.24, 2.45) is 0 Å². The molecule has 4 rings (SSSR count). The van der Waals surface area contributed by atoms with E-state index < -0.39 is 0 Å². The van der Waals surface area contributed by atoms with Crippen LogP contribution >= 0.6 is 0 Å². The minimum Gasteiger partial charge on any atom is -0.334 e. The molecule has 0 spiro atoms. The molecule has 1 aliphatic heterocycles. The minimum atomic E-state index is -0.249. The lowest BCUT2D eigenvalue weighted by Crippen LogP contribution is -2.35. The molecule has 156 valence electrons. The first-order valence-electron chi connectivity index (χ1n) is 10.6. The van der Waals surface area contributed by atoms with Gasteiger partial charge in [0.15, 0.2) is 0 Å². The number of rotatable bonds is 4. The van der Waals surface area contributed by atoms with E-state index in [1.165, 1.54) is 0 Å². The summed E-state index contributed by atoms with van der Waals surface area (Å²) < 4.78 is 0. The highest BCUT2D eigenvalue weighted by atomic mass is 16.2. The largest absolute Gasteiger partial charge is 0.334 e. The summed E-state index contributed by atoms with van der Waals surface area (Å²) in [5, 5.41) is 7.94. The van der Waals surface area contributed by atoms with E-state index in [9.17, 15) is 9.59 Å². The lowest BCUT2D eigenvalue weighted by Gasteiger charge is -2.26. The van der Waals surface area contributed by atoms with Crippen molar-refractivity contribution in [3.05, 3.63) is 77.9 Å². The molecule has 0 saturated carbocycles. The van der Waals surface area contributed by atoms with Crippen molar-refractivity contribution in [2.45, 2.75) is 25.8 Å². The molecule has 0 bridgehead atoms. The number of hydrogen-bond donors (Lipinski definition) is 2. The van der Waals surface area contributed by atoms with E-state index in [1.807, 2.05) is 53.4 Å². The summed E-state index contributed by atoms with van der Waals surface area (Å²) in [5.41, 5.74) is 2.85. The molecule has 31 heavy (non-hydrogen) atoms. The van der Waals surface area contributed by atoms with Gasteiger partial charge in [0, 0.05) is 30.8 Å². The Morgan fingerprint density at radius 3 is 2.58 bits per heavy atom. The van der Waals surface area contributed by atoms with Crippen molar-refractivity contribution < 1.29 is 9.59 Å². The number of benzene rings is 3. The summed E-state index contributed by atoms with van der Waals surface area (Å²) in [6, 6.07) is 21.6. The Labute approximate surface area is 182 Å². The van der Waals surface area contributed by atoms with E-state index in [0.29, 0.717) is 13.0 Å². The van der Waals surface area contributed by atoms with Crippen LogP contribution in [0.2, 0.25) is 0 Å². The zero-order valence-electron chi connectivity index (χ0n) is 17.4. The second-order valence-corrected chi connectivity index (χ2v) is 7.53. The number of hydrogen-bond acceptors (Lipinski definition) is 2. The summed E-state index contributed by atoms with van der Waals surface area (Å²) >= 11 is 0. The van der Waals surface area contributed by atoms with Crippen LogP contribution in [0.4, 0.5) is 10.5 Å². The first kappa shape index (κ1) is 20.5. The maximum absolute atomic E-state index is 12.1. The van der Waals surface area contributed by atoms with Crippen molar-refractivity contribution in [3.63, 3.8) is 0 Å². The molecule has 1 aliphatic rings. The van der Waals surface area contributed by atoms with Crippen molar-refractivity contribution >= 4 is 28.4 Å². The van der Waals surface area contributed by atoms with Crippen LogP contribution in [0.1, 0.15) is 30.4 Å². The van der Waals surface area contributed by atoms with Gasteiger partial charge in [-0.25, -0.2) is 4.79 Å². The van der Waals surface area contributed by atoms with Crippen LogP contribution < -0.4 is 15.5 Å². The molecule has 0 radical (unpaired) electrons. The predicted molar refractivity (Wildman–Crippen MR) is 124 cm³/mol. The molecule has 1 fully saturated rings. The molecule has 5 heteroatoms. The van der Waals surface area contributed by atoms with Crippen LogP contribution in [0, 0.1) is 11.8 Å². The quantitative estimate of drug-likeness (QED) is 0.632. The summed E-state index contributed by atoms with van der Waals surface area (Å²) in [4.78, 5) is 25.9. The van der Waals surface area contributed by atoms with E-state index in [1.54, 1.807) is 0 Å². The number of anilines is 1. The lowest BCUT2D eigenvalue weighted by atomic mass is 10.0. The molecule has 0 unspecified atom stereocenters. The van der Waals surface area contributed by atoms with Gasteiger partial charge in [-0.3, -0.25) is 4.79 Å². The van der Waals surface area contributed by atoms with Crippen molar-refractivity contribution in [2.75, 3.05) is 18.0 Å². The Balaban J connectivity index is 1.26. The number of amides is 3. The van der Waals surface area contributed by atoms with Crippen LogP contribution in [0.15, 0.2) is 66.7 Å². The van der Waals surface area contributed by atoms with Crippen LogP contribution in [0.5, 0.6) is 0 Å². The van der Waals surface area contributed by atoms with Crippen molar-refractivity contribution in [1.29, 1.82) is 0 Å². The van der Waals surface area contributed by atoms with Crippen molar-refractivity contribution in [3.8, 4) is 11.8 Å². The number of urea groups is 1. The third-order valence-corrected chi connectivity index (χ3v) is 5.39. The Morgan fingerprint density at radius 2 is 1.74 bits per heavy atom. The molecule has 0 aromatic heterocycles. The number of fused-ring (bicyclic) bond motifs is 1. The summed E-state index contributed by atoms with van der Waals surface area (Å²) in [5.74, 6) is 6.19. The maximum Gasteiger partial charge on any atom is 0.315 e. The first-order chi connectivity index (χ1) is 15.2. The highest BCUT2D eigenvalue weighted by Crippen LogP contribution is 2.21. The lowest BCUT2D eigenvalue weighted by molar-refractivity contribution is -0.119. The SMILES string of the molecule is O=C(NCC#Cc1ccc(N2CCCCC2=O)cc1)NCc1cccc2ccccc12. The van der Waals surface area contributed by atoms with Gasteiger partial charge in [0.2, 0.25) is 5.91 Å². The summed E-state index contributed by atoms with van der Waals surface area (Å²) in [6.45, 7) is 1.49. The van der Waals surface area contributed by atoms with E-state index in [0.717, 1.165) is 47.0 Å². The van der Waals surface area contributed by atoms with Crippen LogP contribution in [0.3, 0.4) is 0 Å². The zero-order chi connectivity index (χ0) is 21.5. The fraction of sp³-hybridized carbons (Fsp3) is 0.231. The number of nitrogens with one attached hydrogen (secondary N) is 2. The van der Waals surface area contributed by atoms with Gasteiger partial charge < -0.3 is 15.5 Å². The standard InChI is InChI=1S/C26H25N3O2/c30-25-12-3-4-18-29(25)23-15-13-20(14-16-23)7-6-17-27-26(31)28-19-22-10-5-9-21-8-1-2-11-24(21)22/h1-2,5,8-11,13-16H,3-4,12,17-19H2,(H2,27,28,31). The monoisotopic (exact) mass is 411 g/mol.